The number of hydrogen-bond acceptors (Lipinski definition) is 4. The molecule has 122 valence electrons. The fourth-order valence-corrected chi connectivity index (χ4v) is 2.55. The molecule has 1 unspecified atom stereocenters. The first kappa shape index (κ1) is 16.5. The molecule has 1 aromatic rings. The van der Waals surface area contributed by atoms with E-state index >= 15 is 0 Å². The van der Waals surface area contributed by atoms with Gasteiger partial charge in [-0.15, -0.1) is 0 Å². The Morgan fingerprint density at radius 3 is 2.95 bits per heavy atom. The van der Waals surface area contributed by atoms with Crippen molar-refractivity contribution in [2.75, 3.05) is 19.6 Å². The standard InChI is InChI=1S/C14H18F3N3O2/c15-14(16,17)9-20-6-2-3-10(8-20)13(22)19-7-11-12(21)4-1-5-18-11/h1,4-5,10,21H,2-3,6-9H2,(H,19,22). The third-order valence-corrected chi connectivity index (χ3v) is 3.58. The number of rotatable bonds is 4. The molecule has 0 spiro atoms. The van der Waals surface area contributed by atoms with Gasteiger partial charge in [-0.2, -0.15) is 13.2 Å². The van der Waals surface area contributed by atoms with Gasteiger partial charge in [-0.25, -0.2) is 0 Å². The molecule has 22 heavy (non-hydrogen) atoms. The highest BCUT2D eigenvalue weighted by molar-refractivity contribution is 5.79. The molecule has 0 aliphatic carbocycles. The van der Waals surface area contributed by atoms with Crippen molar-refractivity contribution in [2.24, 2.45) is 5.92 Å². The summed E-state index contributed by atoms with van der Waals surface area (Å²) in [6, 6.07) is 3.02. The number of alkyl halides is 3. The lowest BCUT2D eigenvalue weighted by Crippen LogP contribution is -2.46. The van der Waals surface area contributed by atoms with Crippen molar-refractivity contribution < 1.29 is 23.1 Å². The number of likely N-dealkylation sites (tertiary alicyclic amines) is 1. The van der Waals surface area contributed by atoms with Crippen LogP contribution < -0.4 is 5.32 Å². The van der Waals surface area contributed by atoms with Crippen LogP contribution in [0, 0.1) is 5.92 Å². The Hall–Kier alpha value is -1.83. The van der Waals surface area contributed by atoms with E-state index in [-0.39, 0.29) is 24.7 Å². The second-order valence-corrected chi connectivity index (χ2v) is 5.38. The molecule has 1 saturated heterocycles. The zero-order valence-electron chi connectivity index (χ0n) is 11.9. The Bertz CT molecular complexity index is 522. The summed E-state index contributed by atoms with van der Waals surface area (Å²) in [6.07, 6.45) is -1.64. The van der Waals surface area contributed by atoms with E-state index in [2.05, 4.69) is 10.3 Å². The maximum atomic E-state index is 12.4. The van der Waals surface area contributed by atoms with E-state index in [1.54, 1.807) is 6.07 Å². The van der Waals surface area contributed by atoms with Gasteiger partial charge in [0, 0.05) is 12.7 Å². The number of piperidine rings is 1. The van der Waals surface area contributed by atoms with Crippen LogP contribution in [0.4, 0.5) is 13.2 Å². The smallest absolute Gasteiger partial charge is 0.401 e. The second-order valence-electron chi connectivity index (χ2n) is 5.38. The van der Waals surface area contributed by atoms with Crippen molar-refractivity contribution in [1.82, 2.24) is 15.2 Å². The van der Waals surface area contributed by atoms with Crippen LogP contribution in [0.2, 0.25) is 0 Å². The van der Waals surface area contributed by atoms with E-state index in [9.17, 15) is 23.1 Å². The van der Waals surface area contributed by atoms with Gasteiger partial charge < -0.3 is 10.4 Å². The van der Waals surface area contributed by atoms with Crippen LogP contribution >= 0.6 is 0 Å². The molecule has 1 atom stereocenters. The lowest BCUT2D eigenvalue weighted by atomic mass is 9.97. The molecule has 0 bridgehead atoms. The lowest BCUT2D eigenvalue weighted by molar-refractivity contribution is -0.152. The minimum atomic E-state index is -4.25. The van der Waals surface area contributed by atoms with Crippen molar-refractivity contribution in [3.05, 3.63) is 24.0 Å². The number of aromatic hydroxyl groups is 1. The maximum absolute atomic E-state index is 12.4. The Labute approximate surface area is 126 Å². The molecule has 1 fully saturated rings. The SMILES string of the molecule is O=C(NCc1ncccc1O)C1CCCN(CC(F)(F)F)C1. The summed E-state index contributed by atoms with van der Waals surface area (Å²) in [7, 11) is 0. The van der Waals surface area contributed by atoms with E-state index < -0.39 is 18.6 Å². The van der Waals surface area contributed by atoms with Gasteiger partial charge in [0.15, 0.2) is 0 Å². The number of carbonyl (C=O) groups is 1. The molecule has 0 saturated carbocycles. The molecule has 1 aliphatic rings. The monoisotopic (exact) mass is 317 g/mol. The van der Waals surface area contributed by atoms with Crippen LogP contribution in [0.15, 0.2) is 18.3 Å². The van der Waals surface area contributed by atoms with E-state index in [1.165, 1.54) is 17.2 Å². The summed E-state index contributed by atoms with van der Waals surface area (Å²) in [5, 5.41) is 12.2. The first-order chi connectivity index (χ1) is 10.3. The van der Waals surface area contributed by atoms with E-state index in [4.69, 9.17) is 0 Å². The van der Waals surface area contributed by atoms with Crippen molar-refractivity contribution in [1.29, 1.82) is 0 Å². The molecular formula is C14H18F3N3O2. The van der Waals surface area contributed by atoms with Crippen LogP contribution in [-0.4, -0.2) is 46.7 Å². The summed E-state index contributed by atoms with van der Waals surface area (Å²) in [6.45, 7) is -0.483. The molecule has 1 aliphatic heterocycles. The van der Waals surface area contributed by atoms with Crippen LogP contribution in [0.5, 0.6) is 5.75 Å². The van der Waals surface area contributed by atoms with Crippen LogP contribution in [0.25, 0.3) is 0 Å². The minimum Gasteiger partial charge on any atom is -0.506 e. The summed E-state index contributed by atoms with van der Waals surface area (Å²) in [4.78, 5) is 17.3. The number of aromatic nitrogens is 1. The zero-order valence-corrected chi connectivity index (χ0v) is 11.9. The molecular weight excluding hydrogens is 299 g/mol. The van der Waals surface area contributed by atoms with Gasteiger partial charge in [0.1, 0.15) is 11.4 Å². The Morgan fingerprint density at radius 1 is 1.50 bits per heavy atom. The third kappa shape index (κ3) is 4.87. The second kappa shape index (κ2) is 6.95. The van der Waals surface area contributed by atoms with Gasteiger partial charge in [-0.1, -0.05) is 0 Å². The van der Waals surface area contributed by atoms with Gasteiger partial charge in [0.2, 0.25) is 5.91 Å². The molecule has 1 aromatic heterocycles. The van der Waals surface area contributed by atoms with Crippen LogP contribution in [0.1, 0.15) is 18.5 Å². The lowest BCUT2D eigenvalue weighted by Gasteiger charge is -2.32. The first-order valence-corrected chi connectivity index (χ1v) is 7.05. The molecule has 8 heteroatoms. The average molecular weight is 317 g/mol. The van der Waals surface area contributed by atoms with Gasteiger partial charge >= 0.3 is 6.18 Å². The summed E-state index contributed by atoms with van der Waals surface area (Å²) >= 11 is 0. The molecule has 5 nitrogen and oxygen atoms in total. The number of nitrogens with one attached hydrogen (secondary N) is 1. The van der Waals surface area contributed by atoms with Crippen molar-refractivity contribution in [2.45, 2.75) is 25.6 Å². The maximum Gasteiger partial charge on any atom is 0.401 e. The quantitative estimate of drug-likeness (QED) is 0.887. The van der Waals surface area contributed by atoms with E-state index in [0.29, 0.717) is 25.1 Å². The van der Waals surface area contributed by atoms with Gasteiger partial charge in [0.25, 0.3) is 0 Å². The number of halogens is 3. The predicted molar refractivity (Wildman–Crippen MR) is 73.0 cm³/mol. The third-order valence-electron chi connectivity index (χ3n) is 3.58. The average Bonchev–Trinajstić information content (AvgIpc) is 2.44. The number of amides is 1. The topological polar surface area (TPSA) is 65.5 Å². The molecule has 1 amide bonds. The van der Waals surface area contributed by atoms with Crippen LogP contribution in [0.3, 0.4) is 0 Å². The van der Waals surface area contributed by atoms with E-state index in [1.807, 2.05) is 0 Å². The van der Waals surface area contributed by atoms with Crippen molar-refractivity contribution >= 4 is 5.91 Å². The highest BCUT2D eigenvalue weighted by atomic mass is 19.4. The van der Waals surface area contributed by atoms with Crippen molar-refractivity contribution in [3.8, 4) is 5.75 Å². The highest BCUT2D eigenvalue weighted by Gasteiger charge is 2.34. The summed E-state index contributed by atoms with van der Waals surface area (Å²) < 4.78 is 37.2. The van der Waals surface area contributed by atoms with E-state index in [0.717, 1.165) is 0 Å². The fourth-order valence-electron chi connectivity index (χ4n) is 2.55. The number of pyridine rings is 1. The van der Waals surface area contributed by atoms with Gasteiger partial charge in [-0.05, 0) is 31.5 Å². The largest absolute Gasteiger partial charge is 0.506 e. The van der Waals surface area contributed by atoms with Crippen LogP contribution in [-0.2, 0) is 11.3 Å². The summed E-state index contributed by atoms with van der Waals surface area (Å²) in [5.74, 6) is -0.802. The minimum absolute atomic E-state index is 0.0230. The fraction of sp³-hybridized carbons (Fsp3) is 0.571. The molecule has 0 radical (unpaired) electrons. The molecule has 2 heterocycles. The molecule has 2 N–H and O–H groups in total. The van der Waals surface area contributed by atoms with Gasteiger partial charge in [0.05, 0.1) is 19.0 Å². The van der Waals surface area contributed by atoms with Gasteiger partial charge in [-0.3, -0.25) is 14.7 Å². The predicted octanol–water partition coefficient (Wildman–Crippen LogP) is 1.68. The number of carbonyl (C=O) groups excluding carboxylic acids is 1. The number of hydrogen-bond donors (Lipinski definition) is 2. The van der Waals surface area contributed by atoms with Crippen molar-refractivity contribution in [3.63, 3.8) is 0 Å². The molecule has 0 aromatic carbocycles. The Morgan fingerprint density at radius 2 is 2.27 bits per heavy atom. The first-order valence-electron chi connectivity index (χ1n) is 7.05. The molecule has 2 rings (SSSR count). The highest BCUT2D eigenvalue weighted by Crippen LogP contribution is 2.22. The normalized spacial score (nSPS) is 19.9. The zero-order chi connectivity index (χ0) is 16.2. The number of nitrogens with zero attached hydrogens (tertiary/aromatic N) is 2. The Balaban J connectivity index is 1.85. The summed E-state index contributed by atoms with van der Waals surface area (Å²) in [5.41, 5.74) is 0.332. The Kier molecular flexibility index (Phi) is 5.23.